The number of halogens is 2. The van der Waals surface area contributed by atoms with E-state index in [-0.39, 0.29) is 36.8 Å². The Bertz CT molecular complexity index is 1010. The first-order valence-electron chi connectivity index (χ1n) is 10.4. The second-order valence-electron chi connectivity index (χ2n) is 8.81. The maximum Gasteiger partial charge on any atom is 0.261 e. The molecule has 168 valence electrons. The summed E-state index contributed by atoms with van der Waals surface area (Å²) in [5.74, 6) is -0.932. The number of alkyl halides is 1. The highest BCUT2D eigenvalue weighted by atomic mass is 19.1. The van der Waals surface area contributed by atoms with E-state index in [1.165, 1.54) is 4.90 Å². The number of carbonyl (C=O) groups excluding carboxylic acids is 1. The van der Waals surface area contributed by atoms with Gasteiger partial charge in [0.25, 0.3) is 5.91 Å². The third kappa shape index (κ3) is 3.50. The molecule has 2 aliphatic heterocycles. The lowest BCUT2D eigenvalue weighted by molar-refractivity contribution is -0.153. The summed E-state index contributed by atoms with van der Waals surface area (Å²) in [7, 11) is 1.92. The van der Waals surface area contributed by atoms with Gasteiger partial charge in [0.05, 0.1) is 23.5 Å². The second-order valence-corrected chi connectivity index (χ2v) is 8.81. The highest BCUT2D eigenvalue weighted by molar-refractivity contribution is 5.87. The van der Waals surface area contributed by atoms with Crippen molar-refractivity contribution in [3.8, 4) is 0 Å². The van der Waals surface area contributed by atoms with E-state index < -0.39 is 22.9 Å². The molecule has 2 aromatic heterocycles. The van der Waals surface area contributed by atoms with Gasteiger partial charge in [-0.15, -0.1) is 0 Å². The summed E-state index contributed by atoms with van der Waals surface area (Å²) in [5, 5.41) is 10.1. The zero-order valence-corrected chi connectivity index (χ0v) is 18.2. The van der Waals surface area contributed by atoms with Gasteiger partial charge in [-0.1, -0.05) is 6.92 Å². The normalized spacial score (nSPS) is 20.0. The number of amides is 1. The Morgan fingerprint density at radius 2 is 1.94 bits per heavy atom. The molecule has 1 fully saturated rings. The molecular weight excluding hydrogens is 406 g/mol. The third-order valence-corrected chi connectivity index (χ3v) is 6.39. The van der Waals surface area contributed by atoms with Crippen molar-refractivity contribution < 1.29 is 13.6 Å². The summed E-state index contributed by atoms with van der Waals surface area (Å²) < 4.78 is 30.2. The molecule has 0 aromatic carbocycles. The molecule has 0 radical (unpaired) electrons. The summed E-state index contributed by atoms with van der Waals surface area (Å²) in [4.78, 5) is 24.6. The summed E-state index contributed by atoms with van der Waals surface area (Å²) >= 11 is 0. The van der Waals surface area contributed by atoms with Gasteiger partial charge >= 0.3 is 0 Å². The molecule has 0 spiro atoms. The van der Waals surface area contributed by atoms with Gasteiger partial charge < -0.3 is 20.9 Å². The average molecular weight is 434 g/mol. The van der Waals surface area contributed by atoms with Crippen molar-refractivity contribution in [2.75, 3.05) is 31.2 Å². The van der Waals surface area contributed by atoms with Crippen molar-refractivity contribution in [3.05, 3.63) is 22.8 Å². The number of likely N-dealkylation sites (tertiary alicyclic amines) is 1. The van der Waals surface area contributed by atoms with Crippen LogP contribution in [0.15, 0.2) is 0 Å². The number of hydrogen-bond donors (Lipinski definition) is 3. The number of aromatic amines is 1. The Labute approximate surface area is 179 Å². The smallest absolute Gasteiger partial charge is 0.261 e. The van der Waals surface area contributed by atoms with Gasteiger partial charge in [-0.25, -0.2) is 13.8 Å². The number of nitrogens with one attached hydrogen (secondary N) is 2. The standard InChI is InChI=1S/C20H28F2N8O/c1-5-12-13(21)16(26-18(23)24-12)25-15-11-10-30(19(2,3)14(11)27-28-15)17(31)20(22)6-8-29(4)9-7-20/h5-10H2,1-4H3,(H4,23,24,25,26,27,28). The summed E-state index contributed by atoms with van der Waals surface area (Å²) in [6.45, 7) is 6.67. The van der Waals surface area contributed by atoms with E-state index in [1.54, 1.807) is 6.92 Å². The zero-order valence-electron chi connectivity index (χ0n) is 18.2. The van der Waals surface area contributed by atoms with Crippen molar-refractivity contribution in [2.45, 2.75) is 57.8 Å². The molecule has 0 unspecified atom stereocenters. The summed E-state index contributed by atoms with van der Waals surface area (Å²) in [6, 6.07) is 0. The molecule has 0 bridgehead atoms. The van der Waals surface area contributed by atoms with Crippen LogP contribution in [0.3, 0.4) is 0 Å². The molecule has 0 atom stereocenters. The van der Waals surface area contributed by atoms with Crippen molar-refractivity contribution >= 4 is 23.5 Å². The third-order valence-electron chi connectivity index (χ3n) is 6.39. The number of nitrogens with zero attached hydrogens (tertiary/aromatic N) is 5. The molecule has 0 saturated carbocycles. The van der Waals surface area contributed by atoms with Gasteiger partial charge in [0.1, 0.15) is 0 Å². The van der Waals surface area contributed by atoms with Gasteiger partial charge in [-0.05, 0) is 27.3 Å². The van der Waals surface area contributed by atoms with Gasteiger partial charge in [-0.3, -0.25) is 9.89 Å². The Kier molecular flexibility index (Phi) is 5.11. The van der Waals surface area contributed by atoms with Crippen LogP contribution in [-0.2, 0) is 23.3 Å². The van der Waals surface area contributed by atoms with Crippen LogP contribution in [0.2, 0.25) is 0 Å². The van der Waals surface area contributed by atoms with Crippen LogP contribution < -0.4 is 11.1 Å². The van der Waals surface area contributed by atoms with Crippen molar-refractivity contribution in [1.29, 1.82) is 0 Å². The molecule has 4 heterocycles. The molecule has 2 aliphatic rings. The van der Waals surface area contributed by atoms with E-state index in [2.05, 4.69) is 25.5 Å². The number of aromatic nitrogens is 4. The first-order valence-corrected chi connectivity index (χ1v) is 10.4. The second kappa shape index (κ2) is 7.40. The van der Waals surface area contributed by atoms with Gasteiger partial charge in [0, 0.05) is 31.5 Å². The molecule has 1 amide bonds. The quantitative estimate of drug-likeness (QED) is 0.676. The van der Waals surface area contributed by atoms with E-state index in [0.717, 1.165) is 0 Å². The van der Waals surface area contributed by atoms with E-state index in [9.17, 15) is 9.18 Å². The van der Waals surface area contributed by atoms with E-state index in [1.807, 2.05) is 25.8 Å². The first-order chi connectivity index (χ1) is 14.6. The van der Waals surface area contributed by atoms with Crippen LogP contribution in [-0.4, -0.2) is 61.7 Å². The summed E-state index contributed by atoms with van der Waals surface area (Å²) in [5.41, 5.74) is 4.56. The molecule has 2 aromatic rings. The van der Waals surface area contributed by atoms with Crippen LogP contribution in [0.1, 0.15) is 50.6 Å². The van der Waals surface area contributed by atoms with Crippen molar-refractivity contribution in [1.82, 2.24) is 30.0 Å². The van der Waals surface area contributed by atoms with Gasteiger partial charge in [-0.2, -0.15) is 10.1 Å². The number of carbonyl (C=O) groups is 1. The van der Waals surface area contributed by atoms with Crippen LogP contribution >= 0.6 is 0 Å². The summed E-state index contributed by atoms with van der Waals surface area (Å²) in [6.07, 6.45) is 0.684. The number of rotatable bonds is 4. The number of aryl methyl sites for hydroxylation is 1. The predicted molar refractivity (Wildman–Crippen MR) is 112 cm³/mol. The number of nitrogen functional groups attached to an aromatic ring is 1. The number of nitrogens with two attached hydrogens (primary N) is 1. The average Bonchev–Trinajstić information content (AvgIpc) is 3.24. The van der Waals surface area contributed by atoms with E-state index >= 15 is 4.39 Å². The molecule has 1 saturated heterocycles. The maximum atomic E-state index is 15.6. The molecular formula is C20H28F2N8O. The van der Waals surface area contributed by atoms with Crippen molar-refractivity contribution in [3.63, 3.8) is 0 Å². The van der Waals surface area contributed by atoms with Crippen LogP contribution in [0, 0.1) is 5.82 Å². The molecule has 0 aliphatic carbocycles. The minimum Gasteiger partial charge on any atom is -0.368 e. The van der Waals surface area contributed by atoms with E-state index in [0.29, 0.717) is 36.6 Å². The molecule has 31 heavy (non-hydrogen) atoms. The van der Waals surface area contributed by atoms with Gasteiger partial charge in [0.2, 0.25) is 5.95 Å². The van der Waals surface area contributed by atoms with Crippen LogP contribution in [0.25, 0.3) is 0 Å². The number of piperidine rings is 1. The molecule has 9 nitrogen and oxygen atoms in total. The fraction of sp³-hybridized carbons (Fsp3) is 0.600. The highest BCUT2D eigenvalue weighted by Gasteiger charge is 2.51. The predicted octanol–water partition coefficient (Wildman–Crippen LogP) is 2.24. The van der Waals surface area contributed by atoms with E-state index in [4.69, 9.17) is 5.73 Å². The minimum absolute atomic E-state index is 0.0493. The molecule has 4 rings (SSSR count). The lowest BCUT2D eigenvalue weighted by atomic mass is 9.90. The Morgan fingerprint density at radius 1 is 1.26 bits per heavy atom. The molecule has 11 heteroatoms. The number of fused-ring (bicyclic) bond motifs is 1. The lowest BCUT2D eigenvalue weighted by Crippen LogP contribution is -2.54. The van der Waals surface area contributed by atoms with Gasteiger partial charge in [0.15, 0.2) is 23.1 Å². The SMILES string of the molecule is CCc1nc(N)nc(Nc2n[nH]c3c2CN(C(=O)C2(F)CCN(C)CC2)C3(C)C)c1F. The number of H-pyrrole nitrogens is 1. The Balaban J connectivity index is 1.62. The Morgan fingerprint density at radius 3 is 2.58 bits per heavy atom. The highest BCUT2D eigenvalue weighted by Crippen LogP contribution is 2.44. The van der Waals surface area contributed by atoms with Crippen LogP contribution in [0.4, 0.5) is 26.4 Å². The fourth-order valence-corrected chi connectivity index (χ4v) is 4.32. The largest absolute Gasteiger partial charge is 0.368 e. The lowest BCUT2D eigenvalue weighted by Gasteiger charge is -2.40. The van der Waals surface area contributed by atoms with Crippen molar-refractivity contribution in [2.24, 2.45) is 0 Å². The fourth-order valence-electron chi connectivity index (χ4n) is 4.32. The number of hydrogen-bond acceptors (Lipinski definition) is 7. The first kappa shape index (κ1) is 21.4. The topological polar surface area (TPSA) is 116 Å². The zero-order chi connectivity index (χ0) is 22.6. The maximum absolute atomic E-state index is 15.6. The molecule has 4 N–H and O–H groups in total. The Hall–Kier alpha value is -2.82. The minimum atomic E-state index is -1.89. The number of anilines is 3. The van der Waals surface area contributed by atoms with Crippen LogP contribution in [0.5, 0.6) is 0 Å². The monoisotopic (exact) mass is 434 g/mol.